The number of rotatable bonds is 9. The molecule has 0 unspecified atom stereocenters. The van der Waals surface area contributed by atoms with Crippen LogP contribution in [0.25, 0.3) is 0 Å². The summed E-state index contributed by atoms with van der Waals surface area (Å²) in [5.41, 5.74) is 0.789. The summed E-state index contributed by atoms with van der Waals surface area (Å²) in [6, 6.07) is 11.1. The van der Waals surface area contributed by atoms with Crippen LogP contribution in [0.1, 0.15) is 5.56 Å². The third-order valence-electron chi connectivity index (χ3n) is 3.81. The number of nitrogens with zero attached hydrogens (tertiary/aromatic N) is 1. The number of hydrogen-bond donors (Lipinski definition) is 0. The predicted octanol–water partition coefficient (Wildman–Crippen LogP) is 3.96. The third-order valence-corrected chi connectivity index (χ3v) is 6.05. The van der Waals surface area contributed by atoms with Gasteiger partial charge in [-0.1, -0.05) is 22.0 Å². The van der Waals surface area contributed by atoms with Crippen molar-refractivity contribution in [3.63, 3.8) is 0 Å². The first-order chi connectivity index (χ1) is 12.7. The van der Waals surface area contributed by atoms with Crippen molar-refractivity contribution in [1.29, 1.82) is 0 Å². The number of sulfone groups is 1. The fourth-order valence-electron chi connectivity index (χ4n) is 2.43. The van der Waals surface area contributed by atoms with Crippen molar-refractivity contribution in [3.8, 4) is 11.5 Å². The first kappa shape index (κ1) is 21.6. The molecule has 9 heteroatoms. The van der Waals surface area contributed by atoms with Crippen molar-refractivity contribution in [2.45, 2.75) is 18.1 Å². The SMILES string of the molecule is COc1cc(CN(C)CCS(=O)(=O)c2ccc(Br)cc2)ccc1OC(F)F. The highest BCUT2D eigenvalue weighted by molar-refractivity contribution is 9.10. The van der Waals surface area contributed by atoms with E-state index < -0.39 is 16.4 Å². The Morgan fingerprint density at radius 1 is 1.11 bits per heavy atom. The van der Waals surface area contributed by atoms with Crippen LogP contribution >= 0.6 is 15.9 Å². The number of benzene rings is 2. The minimum Gasteiger partial charge on any atom is -0.493 e. The fourth-order valence-corrected chi connectivity index (χ4v) is 4.03. The Bertz CT molecular complexity index is 860. The average molecular weight is 464 g/mol. The molecule has 0 spiro atoms. The van der Waals surface area contributed by atoms with Crippen LogP contribution in [0, 0.1) is 0 Å². The van der Waals surface area contributed by atoms with E-state index >= 15 is 0 Å². The van der Waals surface area contributed by atoms with Crippen LogP contribution in [0.5, 0.6) is 11.5 Å². The van der Waals surface area contributed by atoms with Crippen molar-refractivity contribution in [2.24, 2.45) is 0 Å². The molecule has 0 aliphatic carbocycles. The highest BCUT2D eigenvalue weighted by atomic mass is 79.9. The first-order valence-electron chi connectivity index (χ1n) is 8.00. The summed E-state index contributed by atoms with van der Waals surface area (Å²) in [6.07, 6.45) is 0. The molecule has 2 aromatic carbocycles. The van der Waals surface area contributed by atoms with E-state index in [9.17, 15) is 17.2 Å². The zero-order valence-electron chi connectivity index (χ0n) is 14.9. The molecule has 0 N–H and O–H groups in total. The number of halogens is 3. The number of alkyl halides is 2. The van der Waals surface area contributed by atoms with E-state index in [1.54, 1.807) is 43.4 Å². The van der Waals surface area contributed by atoms with E-state index in [1.165, 1.54) is 13.2 Å². The lowest BCUT2D eigenvalue weighted by molar-refractivity contribution is -0.0512. The topological polar surface area (TPSA) is 55.8 Å². The molecule has 0 heterocycles. The monoisotopic (exact) mass is 463 g/mol. The Hall–Kier alpha value is -1.71. The summed E-state index contributed by atoms with van der Waals surface area (Å²) in [5.74, 6) is 0.120. The van der Waals surface area contributed by atoms with Crippen molar-refractivity contribution in [2.75, 3.05) is 26.5 Å². The number of methoxy groups -OCH3 is 1. The summed E-state index contributed by atoms with van der Waals surface area (Å²) >= 11 is 3.28. The molecule has 0 aliphatic heterocycles. The zero-order chi connectivity index (χ0) is 20.0. The maximum Gasteiger partial charge on any atom is 0.387 e. The second-order valence-electron chi connectivity index (χ2n) is 5.87. The maximum absolute atomic E-state index is 12.4. The van der Waals surface area contributed by atoms with Gasteiger partial charge in [-0.05, 0) is 49.0 Å². The molecular formula is C18H20BrF2NO4S. The fraction of sp³-hybridized carbons (Fsp3) is 0.333. The second-order valence-corrected chi connectivity index (χ2v) is 8.90. The number of hydrogen-bond acceptors (Lipinski definition) is 5. The van der Waals surface area contributed by atoms with Gasteiger partial charge in [-0.25, -0.2) is 8.42 Å². The second kappa shape index (κ2) is 9.48. The quantitative estimate of drug-likeness (QED) is 0.563. The van der Waals surface area contributed by atoms with Crippen LogP contribution in [-0.2, 0) is 16.4 Å². The Balaban J connectivity index is 1.99. The summed E-state index contributed by atoms with van der Waals surface area (Å²) in [6.45, 7) is -2.19. The van der Waals surface area contributed by atoms with Gasteiger partial charge in [0.1, 0.15) is 0 Å². The van der Waals surface area contributed by atoms with Crippen molar-refractivity contribution >= 4 is 25.8 Å². The number of ether oxygens (including phenoxy) is 2. The predicted molar refractivity (Wildman–Crippen MR) is 102 cm³/mol. The largest absolute Gasteiger partial charge is 0.493 e. The lowest BCUT2D eigenvalue weighted by Gasteiger charge is -2.18. The lowest BCUT2D eigenvalue weighted by atomic mass is 10.2. The zero-order valence-corrected chi connectivity index (χ0v) is 17.3. The van der Waals surface area contributed by atoms with Gasteiger partial charge in [0, 0.05) is 17.6 Å². The molecule has 0 saturated carbocycles. The maximum atomic E-state index is 12.4. The van der Waals surface area contributed by atoms with Gasteiger partial charge in [0.25, 0.3) is 0 Å². The van der Waals surface area contributed by atoms with Gasteiger partial charge >= 0.3 is 6.61 Å². The molecule has 0 amide bonds. The first-order valence-corrected chi connectivity index (χ1v) is 10.4. The van der Waals surface area contributed by atoms with Crippen LogP contribution in [0.2, 0.25) is 0 Å². The molecule has 0 bridgehead atoms. The van der Waals surface area contributed by atoms with E-state index in [1.807, 2.05) is 4.90 Å². The van der Waals surface area contributed by atoms with Crippen LogP contribution in [-0.4, -0.2) is 46.4 Å². The van der Waals surface area contributed by atoms with Crippen molar-refractivity contribution < 1.29 is 26.7 Å². The standard InChI is InChI=1S/C18H20BrF2NO4S/c1-22(9-10-27(23,24)15-6-4-14(19)5-7-15)12-13-3-8-16(26-18(20)21)17(11-13)25-2/h3-8,11,18H,9-10,12H2,1-2H3. The van der Waals surface area contributed by atoms with Crippen molar-refractivity contribution in [3.05, 3.63) is 52.5 Å². The molecule has 5 nitrogen and oxygen atoms in total. The van der Waals surface area contributed by atoms with Gasteiger partial charge in [-0.3, -0.25) is 0 Å². The Kier molecular flexibility index (Phi) is 7.58. The van der Waals surface area contributed by atoms with Crippen molar-refractivity contribution in [1.82, 2.24) is 4.90 Å². The molecule has 27 heavy (non-hydrogen) atoms. The normalized spacial score (nSPS) is 11.8. The molecular weight excluding hydrogens is 444 g/mol. The van der Waals surface area contributed by atoms with E-state index in [4.69, 9.17) is 4.74 Å². The molecule has 2 rings (SSSR count). The molecule has 0 atom stereocenters. The summed E-state index contributed by atoms with van der Waals surface area (Å²) in [7, 11) is -0.236. The van der Waals surface area contributed by atoms with Crippen LogP contribution in [0.4, 0.5) is 8.78 Å². The van der Waals surface area contributed by atoms with Crippen LogP contribution in [0.3, 0.4) is 0 Å². The molecule has 0 radical (unpaired) electrons. The Labute approximate surface area is 165 Å². The smallest absolute Gasteiger partial charge is 0.387 e. The van der Waals surface area contributed by atoms with Crippen LogP contribution < -0.4 is 9.47 Å². The highest BCUT2D eigenvalue weighted by Gasteiger charge is 2.16. The summed E-state index contributed by atoms with van der Waals surface area (Å²) in [4.78, 5) is 2.10. The van der Waals surface area contributed by atoms with E-state index in [0.717, 1.165) is 10.0 Å². The van der Waals surface area contributed by atoms with E-state index in [-0.39, 0.29) is 22.1 Å². The minimum atomic E-state index is -3.39. The molecule has 0 fully saturated rings. The van der Waals surface area contributed by atoms with Gasteiger partial charge < -0.3 is 14.4 Å². The van der Waals surface area contributed by atoms with Gasteiger partial charge in [0.2, 0.25) is 0 Å². The van der Waals surface area contributed by atoms with Gasteiger partial charge in [0.05, 0.1) is 17.8 Å². The van der Waals surface area contributed by atoms with E-state index in [0.29, 0.717) is 13.1 Å². The Morgan fingerprint density at radius 2 is 1.78 bits per heavy atom. The highest BCUT2D eigenvalue weighted by Crippen LogP contribution is 2.29. The molecule has 148 valence electrons. The third kappa shape index (κ3) is 6.44. The van der Waals surface area contributed by atoms with Gasteiger partial charge in [0.15, 0.2) is 21.3 Å². The molecule has 2 aromatic rings. The molecule has 0 aliphatic rings. The molecule has 0 aromatic heterocycles. The minimum absolute atomic E-state index is 0.0329. The van der Waals surface area contributed by atoms with Gasteiger partial charge in [-0.15, -0.1) is 0 Å². The van der Waals surface area contributed by atoms with E-state index in [2.05, 4.69) is 20.7 Å². The molecule has 0 saturated heterocycles. The summed E-state index contributed by atoms with van der Waals surface area (Å²) in [5, 5.41) is 0. The summed E-state index contributed by atoms with van der Waals surface area (Å²) < 4.78 is 59.8. The average Bonchev–Trinajstić information content (AvgIpc) is 2.61. The lowest BCUT2D eigenvalue weighted by Crippen LogP contribution is -2.25. The van der Waals surface area contributed by atoms with Gasteiger partial charge in [-0.2, -0.15) is 8.78 Å². The van der Waals surface area contributed by atoms with Crippen LogP contribution in [0.15, 0.2) is 51.8 Å². The Morgan fingerprint density at radius 3 is 2.37 bits per heavy atom.